The summed E-state index contributed by atoms with van der Waals surface area (Å²) in [4.78, 5) is 17.9. The Morgan fingerprint density at radius 1 is 0.955 bits per heavy atom. The van der Waals surface area contributed by atoms with Gasteiger partial charge in [-0.2, -0.15) is 18.2 Å². The van der Waals surface area contributed by atoms with Crippen molar-refractivity contribution in [1.29, 1.82) is 0 Å². The van der Waals surface area contributed by atoms with Crippen LogP contribution < -0.4 is 14.8 Å². The molecule has 0 saturated heterocycles. The number of alkyl halides is 3. The van der Waals surface area contributed by atoms with Crippen LogP contribution in [-0.2, 0) is 12.6 Å². The van der Waals surface area contributed by atoms with Gasteiger partial charge in [-0.15, -0.1) is 0 Å². The molecule has 0 saturated carbocycles. The number of ether oxygens (including phenoxy) is 2. The van der Waals surface area contributed by atoms with E-state index in [1.165, 1.54) is 37.4 Å². The number of benzene rings is 4. The van der Waals surface area contributed by atoms with Gasteiger partial charge in [0.25, 0.3) is 5.91 Å². The number of carbonyl (C=O) groups excluding carboxylic acids is 1. The lowest BCUT2D eigenvalue weighted by Gasteiger charge is -2.17. The summed E-state index contributed by atoms with van der Waals surface area (Å²) in [6, 6.07) is 19.7. The minimum Gasteiger partial charge on any atom is -0.496 e. The van der Waals surface area contributed by atoms with Gasteiger partial charge in [-0.25, -0.2) is 4.39 Å². The first kappa shape index (κ1) is 30.6. The van der Waals surface area contributed by atoms with E-state index in [1.54, 1.807) is 49.4 Å². The Labute approximate surface area is 254 Å². The van der Waals surface area contributed by atoms with Crippen molar-refractivity contribution in [3.8, 4) is 28.4 Å². The number of halogens is 5. The molecule has 0 fully saturated rings. The van der Waals surface area contributed by atoms with Gasteiger partial charge in [0.15, 0.2) is 5.82 Å². The largest absolute Gasteiger partial charge is 0.496 e. The third-order valence-corrected chi connectivity index (χ3v) is 6.92. The summed E-state index contributed by atoms with van der Waals surface area (Å²) in [6.07, 6.45) is -4.20. The highest BCUT2D eigenvalue weighted by Gasteiger charge is 2.30. The van der Waals surface area contributed by atoms with Gasteiger partial charge in [0.05, 0.1) is 23.3 Å². The molecule has 12 heteroatoms. The Balaban J connectivity index is 1.37. The van der Waals surface area contributed by atoms with Crippen molar-refractivity contribution in [2.24, 2.45) is 0 Å². The highest BCUT2D eigenvalue weighted by Crippen LogP contribution is 2.33. The summed E-state index contributed by atoms with van der Waals surface area (Å²) < 4.78 is 69.1. The zero-order valence-electron chi connectivity index (χ0n) is 23.3. The normalized spacial score (nSPS) is 12.1. The lowest BCUT2D eigenvalue weighted by Crippen LogP contribution is -2.30. The summed E-state index contributed by atoms with van der Waals surface area (Å²) in [5, 5.41) is 6.70. The lowest BCUT2D eigenvalue weighted by atomic mass is 10.00. The van der Waals surface area contributed by atoms with Gasteiger partial charge in [0.1, 0.15) is 29.1 Å². The van der Waals surface area contributed by atoms with Crippen molar-refractivity contribution in [2.75, 3.05) is 7.11 Å². The topological polar surface area (TPSA) is 86.5 Å². The minimum absolute atomic E-state index is 0.0610. The number of nitrogens with one attached hydrogen (secondary N) is 1. The Morgan fingerprint density at radius 2 is 1.64 bits per heavy atom. The Kier molecular flexibility index (Phi) is 8.86. The smallest absolute Gasteiger partial charge is 0.416 e. The van der Waals surface area contributed by atoms with E-state index in [2.05, 4.69) is 15.5 Å². The van der Waals surface area contributed by atoms with Gasteiger partial charge in [0.2, 0.25) is 5.89 Å². The zero-order valence-corrected chi connectivity index (χ0v) is 24.0. The molecule has 5 rings (SSSR count). The summed E-state index contributed by atoms with van der Waals surface area (Å²) in [5.41, 5.74) is 1.19. The fraction of sp³-hybridized carbons (Fsp3) is 0.156. The molecule has 5 aromatic rings. The summed E-state index contributed by atoms with van der Waals surface area (Å²) in [7, 11) is 1.41. The van der Waals surface area contributed by atoms with E-state index in [0.29, 0.717) is 28.5 Å². The summed E-state index contributed by atoms with van der Waals surface area (Å²) in [6.45, 7) is 1.65. The monoisotopic (exact) mass is 625 g/mol. The van der Waals surface area contributed by atoms with Crippen molar-refractivity contribution in [2.45, 2.75) is 25.6 Å². The van der Waals surface area contributed by atoms with Gasteiger partial charge in [-0.1, -0.05) is 47.1 Å². The fourth-order valence-corrected chi connectivity index (χ4v) is 4.58. The van der Waals surface area contributed by atoms with Crippen LogP contribution in [0.4, 0.5) is 17.6 Å². The number of rotatable bonds is 9. The predicted molar refractivity (Wildman–Crippen MR) is 154 cm³/mol. The lowest BCUT2D eigenvalue weighted by molar-refractivity contribution is -0.137. The second-order valence-corrected chi connectivity index (χ2v) is 10.1. The Bertz CT molecular complexity index is 1770. The molecule has 0 aliphatic carbocycles. The standard InChI is InChI=1S/C32H24ClF4N3O4/c1-18-38-31(44-40-18)28(15-19-3-10-23(11-4-19)43-24-12-13-27(34)26(33)17-24)39-30(41)25-16-21(7-14-29(25)42-2)20-5-8-22(9-6-20)32(35,36)37/h3-14,16-17,28H,15H2,1-2H3,(H,39,41)/t28-/m1/s1. The maximum absolute atomic E-state index is 13.6. The first-order valence-electron chi connectivity index (χ1n) is 13.2. The Morgan fingerprint density at radius 3 is 2.25 bits per heavy atom. The number of methoxy groups -OCH3 is 1. The number of nitrogens with zero attached hydrogens (tertiary/aromatic N) is 2. The van der Waals surface area contributed by atoms with Crippen LogP contribution in [0.25, 0.3) is 11.1 Å². The molecular weight excluding hydrogens is 602 g/mol. The van der Waals surface area contributed by atoms with Crippen molar-refractivity contribution >= 4 is 17.5 Å². The molecule has 0 unspecified atom stereocenters. The van der Waals surface area contributed by atoms with E-state index in [0.717, 1.165) is 17.7 Å². The molecule has 0 bridgehead atoms. The van der Waals surface area contributed by atoms with Crippen molar-refractivity contribution in [1.82, 2.24) is 15.5 Å². The van der Waals surface area contributed by atoms with Crippen LogP contribution in [0.5, 0.6) is 17.2 Å². The van der Waals surface area contributed by atoms with Crippen LogP contribution in [0.15, 0.2) is 89.5 Å². The van der Waals surface area contributed by atoms with Crippen LogP contribution in [0.2, 0.25) is 5.02 Å². The second kappa shape index (κ2) is 12.8. The summed E-state index contributed by atoms with van der Waals surface area (Å²) in [5.74, 6) is 0.588. The molecule has 1 atom stereocenters. The number of amides is 1. The molecule has 1 aromatic heterocycles. The molecule has 1 N–H and O–H groups in total. The minimum atomic E-state index is -4.46. The molecule has 0 spiro atoms. The van der Waals surface area contributed by atoms with E-state index >= 15 is 0 Å². The molecule has 1 amide bonds. The first-order chi connectivity index (χ1) is 21.0. The van der Waals surface area contributed by atoms with Gasteiger partial charge in [-0.3, -0.25) is 4.79 Å². The van der Waals surface area contributed by atoms with Gasteiger partial charge in [0, 0.05) is 12.5 Å². The number of aryl methyl sites for hydroxylation is 1. The van der Waals surface area contributed by atoms with E-state index in [9.17, 15) is 22.4 Å². The SMILES string of the molecule is COc1ccc(-c2ccc(C(F)(F)F)cc2)cc1C(=O)N[C@H](Cc1ccc(Oc2ccc(F)c(Cl)c2)cc1)c1nc(C)no1. The van der Waals surface area contributed by atoms with Crippen LogP contribution in [0, 0.1) is 12.7 Å². The molecule has 0 radical (unpaired) electrons. The predicted octanol–water partition coefficient (Wildman–Crippen LogP) is 8.37. The van der Waals surface area contributed by atoms with Crippen LogP contribution in [-0.4, -0.2) is 23.2 Å². The molecule has 0 aliphatic heterocycles. The van der Waals surface area contributed by atoms with E-state index in [1.807, 2.05) is 0 Å². The van der Waals surface area contributed by atoms with Crippen molar-refractivity contribution < 1.29 is 36.4 Å². The van der Waals surface area contributed by atoms with Crippen LogP contribution >= 0.6 is 11.6 Å². The average Bonchev–Trinajstić information content (AvgIpc) is 3.45. The van der Waals surface area contributed by atoms with Gasteiger partial charge in [-0.05, 0) is 72.1 Å². The fourth-order valence-electron chi connectivity index (χ4n) is 4.41. The quantitative estimate of drug-likeness (QED) is 0.166. The van der Waals surface area contributed by atoms with E-state index < -0.39 is 29.5 Å². The van der Waals surface area contributed by atoms with Crippen molar-refractivity contribution in [3.63, 3.8) is 0 Å². The second-order valence-electron chi connectivity index (χ2n) is 9.72. The Hall–Kier alpha value is -4.90. The highest BCUT2D eigenvalue weighted by molar-refractivity contribution is 6.30. The first-order valence-corrected chi connectivity index (χ1v) is 13.6. The number of carbonyl (C=O) groups is 1. The molecular formula is C32H24ClF4N3O4. The highest BCUT2D eigenvalue weighted by atomic mass is 35.5. The molecule has 226 valence electrons. The van der Waals surface area contributed by atoms with E-state index in [-0.39, 0.29) is 28.6 Å². The van der Waals surface area contributed by atoms with Gasteiger partial charge >= 0.3 is 6.18 Å². The van der Waals surface area contributed by atoms with Crippen LogP contribution in [0.1, 0.15) is 39.2 Å². The number of aromatic nitrogens is 2. The van der Waals surface area contributed by atoms with Crippen LogP contribution in [0.3, 0.4) is 0 Å². The van der Waals surface area contributed by atoms with Gasteiger partial charge < -0.3 is 19.3 Å². The van der Waals surface area contributed by atoms with E-state index in [4.69, 9.17) is 25.6 Å². The molecule has 0 aliphatic rings. The third kappa shape index (κ3) is 7.17. The molecule has 4 aromatic carbocycles. The maximum atomic E-state index is 13.6. The third-order valence-electron chi connectivity index (χ3n) is 6.63. The van der Waals surface area contributed by atoms with Crippen molar-refractivity contribution in [3.05, 3.63) is 124 Å². The average molecular weight is 626 g/mol. The number of hydrogen-bond donors (Lipinski definition) is 1. The molecule has 1 heterocycles. The maximum Gasteiger partial charge on any atom is 0.416 e. The number of hydrogen-bond acceptors (Lipinski definition) is 6. The molecule has 44 heavy (non-hydrogen) atoms. The molecule has 7 nitrogen and oxygen atoms in total. The zero-order chi connectivity index (χ0) is 31.4. The summed E-state index contributed by atoms with van der Waals surface area (Å²) >= 11 is 5.83.